The second-order valence-electron chi connectivity index (χ2n) is 5.97. The van der Waals surface area contributed by atoms with E-state index in [0.29, 0.717) is 0 Å². The Hall–Kier alpha value is -2.01. The molecule has 0 amide bonds. The van der Waals surface area contributed by atoms with Crippen LogP contribution in [0.5, 0.6) is 0 Å². The van der Waals surface area contributed by atoms with Gasteiger partial charge in [-0.25, -0.2) is 0 Å². The van der Waals surface area contributed by atoms with Crippen LogP contribution in [0.25, 0.3) is 32.3 Å². The van der Waals surface area contributed by atoms with Gasteiger partial charge in [0.05, 0.1) is 0 Å². The summed E-state index contributed by atoms with van der Waals surface area (Å²) in [5, 5.41) is 22.1. The van der Waals surface area contributed by atoms with Crippen LogP contribution in [-0.2, 0) is 21.7 Å². The molecule has 2 nitrogen and oxygen atoms in total. The third-order valence-corrected chi connectivity index (χ3v) is 4.07. The first-order chi connectivity index (χ1) is 14.3. The van der Waals surface area contributed by atoms with Gasteiger partial charge in [0.25, 0.3) is 0 Å². The van der Waals surface area contributed by atoms with E-state index in [1.807, 2.05) is 0 Å². The maximum absolute atomic E-state index is 7.00. The molecule has 0 fully saturated rings. The summed E-state index contributed by atoms with van der Waals surface area (Å²) in [5.74, 6) is 0. The van der Waals surface area contributed by atoms with Crippen LogP contribution in [0.2, 0.25) is 13.1 Å². The number of hydrogen-bond donors (Lipinski definition) is 2. The molecule has 2 N–H and O–H groups in total. The van der Waals surface area contributed by atoms with Crippen LogP contribution in [-0.4, -0.2) is 34.0 Å². The van der Waals surface area contributed by atoms with Crippen LogP contribution in [0, 0.1) is 0 Å². The zero-order valence-corrected chi connectivity index (χ0v) is 20.7. The van der Waals surface area contributed by atoms with Gasteiger partial charge in [-0.3, -0.25) is 0 Å². The molecule has 5 rings (SSSR count). The summed E-state index contributed by atoms with van der Waals surface area (Å²) >= 11 is 0. The van der Waals surface area contributed by atoms with Crippen LogP contribution < -0.4 is 0 Å². The second-order valence-corrected chi connectivity index (χ2v) is 6.97. The van der Waals surface area contributed by atoms with E-state index < -0.39 is 0 Å². The summed E-state index contributed by atoms with van der Waals surface area (Å²) in [6, 6.07) is 33.9. The fourth-order valence-electron chi connectivity index (χ4n) is 2.97. The van der Waals surface area contributed by atoms with Crippen LogP contribution >= 0.6 is 0 Å². The maximum Gasteiger partial charge on any atom is 2.00 e. The fraction of sp³-hybridized carbons (Fsp3) is 0.154. The molecule has 5 aromatic rings. The van der Waals surface area contributed by atoms with Gasteiger partial charge in [0.2, 0.25) is 0 Å². The summed E-state index contributed by atoms with van der Waals surface area (Å²) in [6.45, 7) is 4.31. The van der Waals surface area contributed by atoms with Crippen molar-refractivity contribution in [3.63, 3.8) is 0 Å². The minimum absolute atomic E-state index is 0. The first kappa shape index (κ1) is 28.0. The van der Waals surface area contributed by atoms with Gasteiger partial charge >= 0.3 is 21.7 Å². The van der Waals surface area contributed by atoms with E-state index in [1.54, 1.807) is 0 Å². The van der Waals surface area contributed by atoms with Crippen LogP contribution in [0.15, 0.2) is 97.1 Å². The SMILES string of the molecule is CO.CO.C[Si]C.[Ti+2].c1ccc2[cH-]ccc2c1.c1ccc2c(c1)[cH-]c1ccccc12. The third kappa shape index (κ3) is 8.02. The summed E-state index contributed by atoms with van der Waals surface area (Å²) < 4.78 is 0. The average molecular weight is 450 g/mol. The molecular weight excluding hydrogens is 420 g/mol. The van der Waals surface area contributed by atoms with E-state index in [9.17, 15) is 0 Å². The number of aliphatic hydroxyl groups excluding tert-OH is 2. The molecule has 0 bridgehead atoms. The van der Waals surface area contributed by atoms with Gasteiger partial charge in [-0.15, -0.1) is 69.4 Å². The monoisotopic (exact) mass is 450 g/mol. The number of benzene rings is 3. The Labute approximate surface area is 197 Å². The van der Waals surface area contributed by atoms with Gasteiger partial charge in [0.1, 0.15) is 0 Å². The Morgan fingerprint density at radius 3 is 1.47 bits per heavy atom. The zero-order chi connectivity index (χ0) is 21.5. The average Bonchev–Trinajstić information content (AvgIpc) is 3.42. The van der Waals surface area contributed by atoms with E-state index >= 15 is 0 Å². The Morgan fingerprint density at radius 2 is 1.00 bits per heavy atom. The van der Waals surface area contributed by atoms with Crippen LogP contribution in [0.1, 0.15) is 0 Å². The minimum atomic E-state index is 0. The molecule has 2 radical (unpaired) electrons. The van der Waals surface area contributed by atoms with E-state index in [4.69, 9.17) is 10.2 Å². The van der Waals surface area contributed by atoms with Gasteiger partial charge in [-0.2, -0.15) is 17.5 Å². The first-order valence-electron chi connectivity index (χ1n) is 9.45. The zero-order valence-electron chi connectivity index (χ0n) is 18.1. The van der Waals surface area contributed by atoms with Crippen molar-refractivity contribution >= 4 is 41.8 Å². The van der Waals surface area contributed by atoms with E-state index in [-0.39, 0.29) is 21.7 Å². The Kier molecular flexibility index (Phi) is 15.6. The molecule has 0 heterocycles. The largest absolute Gasteiger partial charge is 2.00 e. The molecule has 0 spiro atoms. The second kappa shape index (κ2) is 16.8. The number of rotatable bonds is 0. The van der Waals surface area contributed by atoms with Crippen LogP contribution in [0.4, 0.5) is 0 Å². The van der Waals surface area contributed by atoms with E-state index in [0.717, 1.165) is 23.7 Å². The van der Waals surface area contributed by atoms with Crippen LogP contribution in [0.3, 0.4) is 0 Å². The molecule has 4 heteroatoms. The van der Waals surface area contributed by atoms with Crippen molar-refractivity contribution in [1.29, 1.82) is 0 Å². The summed E-state index contributed by atoms with van der Waals surface area (Å²) in [7, 11) is 3.08. The summed E-state index contributed by atoms with van der Waals surface area (Å²) in [6.07, 6.45) is 0. The van der Waals surface area contributed by atoms with E-state index in [2.05, 4.69) is 110 Å². The minimum Gasteiger partial charge on any atom is -0.400 e. The predicted molar refractivity (Wildman–Crippen MR) is 130 cm³/mol. The molecular formula is C26H30O2SiTi. The van der Waals surface area contributed by atoms with Crippen molar-refractivity contribution < 1.29 is 31.9 Å². The maximum atomic E-state index is 7.00. The van der Waals surface area contributed by atoms with Gasteiger partial charge in [-0.05, 0) is 0 Å². The van der Waals surface area contributed by atoms with Crippen molar-refractivity contribution in [3.05, 3.63) is 97.1 Å². The molecule has 0 aliphatic rings. The predicted octanol–water partition coefficient (Wildman–Crippen LogP) is 6.27. The van der Waals surface area contributed by atoms with Gasteiger partial charge in [0.15, 0.2) is 0 Å². The molecule has 0 saturated carbocycles. The molecule has 30 heavy (non-hydrogen) atoms. The molecule has 154 valence electrons. The molecule has 5 aromatic carbocycles. The Bertz CT molecular complexity index is 986. The van der Waals surface area contributed by atoms with E-state index in [1.165, 1.54) is 32.3 Å². The molecule has 0 atom stereocenters. The van der Waals surface area contributed by atoms with Crippen molar-refractivity contribution in [3.8, 4) is 0 Å². The number of hydrogen-bond acceptors (Lipinski definition) is 2. The molecule has 0 aliphatic carbocycles. The van der Waals surface area contributed by atoms with Crippen molar-refractivity contribution in [2.24, 2.45) is 0 Å². The van der Waals surface area contributed by atoms with Crippen molar-refractivity contribution in [2.75, 3.05) is 14.2 Å². The topological polar surface area (TPSA) is 40.5 Å². The molecule has 0 unspecified atom stereocenters. The fourth-order valence-corrected chi connectivity index (χ4v) is 2.97. The van der Waals surface area contributed by atoms with Gasteiger partial charge < -0.3 is 10.2 Å². The molecule has 0 aliphatic heterocycles. The standard InChI is InChI=1S/C13H9.C9H7.C2H6Si.2CH4O.Ti/c1-3-7-12-10(5-1)9-11-6-2-4-8-13(11)12;1-2-5-9-7-3-6-8(9)4-1;1-3-2;2*1-2;/h1-9H;1-7H;1-2H3;2*2H,1H3;/q2*-1;;;;+2. The van der Waals surface area contributed by atoms with Gasteiger partial charge in [0, 0.05) is 23.7 Å². The normalized spacial score (nSPS) is 8.87. The smallest absolute Gasteiger partial charge is 0.400 e. The quantitative estimate of drug-likeness (QED) is 0.216. The summed E-state index contributed by atoms with van der Waals surface area (Å²) in [4.78, 5) is 0. The summed E-state index contributed by atoms with van der Waals surface area (Å²) in [5.41, 5.74) is 0. The Balaban J connectivity index is 0.000000436. The first-order valence-corrected chi connectivity index (χ1v) is 11.4. The number of aliphatic hydroxyl groups is 2. The van der Waals surface area contributed by atoms with Crippen molar-refractivity contribution in [2.45, 2.75) is 13.1 Å². The Morgan fingerprint density at radius 1 is 0.600 bits per heavy atom. The molecule has 0 saturated heterocycles. The number of fused-ring (bicyclic) bond motifs is 4. The third-order valence-electron chi connectivity index (χ3n) is 4.07. The van der Waals surface area contributed by atoms with Gasteiger partial charge in [-0.1, -0.05) is 55.6 Å². The van der Waals surface area contributed by atoms with Crippen molar-refractivity contribution in [1.82, 2.24) is 0 Å². The molecule has 0 aromatic heterocycles.